The predicted molar refractivity (Wildman–Crippen MR) is 62.2 cm³/mol. The summed E-state index contributed by atoms with van der Waals surface area (Å²) in [4.78, 5) is 14.3. The van der Waals surface area contributed by atoms with E-state index in [4.69, 9.17) is 4.74 Å². The molecule has 2 aliphatic heterocycles. The summed E-state index contributed by atoms with van der Waals surface area (Å²) in [5.74, 6) is 0.497. The first-order valence-electron chi connectivity index (χ1n) is 6.39. The van der Waals surface area contributed by atoms with Crippen molar-refractivity contribution in [2.75, 3.05) is 32.8 Å². The van der Waals surface area contributed by atoms with E-state index in [0.717, 1.165) is 45.5 Å². The summed E-state index contributed by atoms with van der Waals surface area (Å²) in [7, 11) is 0. The van der Waals surface area contributed by atoms with Gasteiger partial charge in [0, 0.05) is 25.7 Å². The summed E-state index contributed by atoms with van der Waals surface area (Å²) >= 11 is 0. The van der Waals surface area contributed by atoms with Gasteiger partial charge < -0.3 is 15.0 Å². The van der Waals surface area contributed by atoms with Crippen molar-refractivity contribution in [3.05, 3.63) is 0 Å². The van der Waals surface area contributed by atoms with Crippen LogP contribution in [-0.4, -0.2) is 49.7 Å². The highest BCUT2D eigenvalue weighted by Gasteiger charge is 2.31. The van der Waals surface area contributed by atoms with Gasteiger partial charge in [-0.25, -0.2) is 0 Å². The van der Waals surface area contributed by atoms with E-state index in [2.05, 4.69) is 12.2 Å². The van der Waals surface area contributed by atoms with Crippen molar-refractivity contribution in [1.82, 2.24) is 10.2 Å². The summed E-state index contributed by atoms with van der Waals surface area (Å²) in [5, 5.41) is 3.39. The molecular weight excluding hydrogens is 204 g/mol. The summed E-state index contributed by atoms with van der Waals surface area (Å²) in [5.41, 5.74) is 0. The van der Waals surface area contributed by atoms with Gasteiger partial charge in [-0.2, -0.15) is 0 Å². The maximum atomic E-state index is 12.3. The van der Waals surface area contributed by atoms with Crippen LogP contribution in [-0.2, 0) is 9.53 Å². The number of hydrogen-bond donors (Lipinski definition) is 1. The van der Waals surface area contributed by atoms with Crippen molar-refractivity contribution in [3.63, 3.8) is 0 Å². The van der Waals surface area contributed by atoms with E-state index in [9.17, 15) is 4.79 Å². The van der Waals surface area contributed by atoms with Crippen molar-refractivity contribution in [2.24, 2.45) is 5.92 Å². The molecule has 1 N–H and O–H groups in total. The first-order valence-corrected chi connectivity index (χ1v) is 6.39. The lowest BCUT2D eigenvalue weighted by Crippen LogP contribution is -2.48. The summed E-state index contributed by atoms with van der Waals surface area (Å²) in [6.07, 6.45) is 3.12. The Kier molecular flexibility index (Phi) is 4.18. The van der Waals surface area contributed by atoms with Crippen LogP contribution in [0.5, 0.6) is 0 Å². The van der Waals surface area contributed by atoms with Gasteiger partial charge in [-0.3, -0.25) is 4.79 Å². The number of carbonyl (C=O) groups is 1. The Morgan fingerprint density at radius 1 is 1.31 bits per heavy atom. The van der Waals surface area contributed by atoms with Crippen LogP contribution in [0.3, 0.4) is 0 Å². The zero-order valence-corrected chi connectivity index (χ0v) is 10.1. The molecular formula is C12H22N2O2. The number of ether oxygens (including phenoxy) is 1. The van der Waals surface area contributed by atoms with Crippen molar-refractivity contribution in [2.45, 2.75) is 32.2 Å². The molecule has 2 unspecified atom stereocenters. The highest BCUT2D eigenvalue weighted by atomic mass is 16.5. The lowest BCUT2D eigenvalue weighted by atomic mass is 9.90. The molecule has 4 nitrogen and oxygen atoms in total. The van der Waals surface area contributed by atoms with Crippen molar-refractivity contribution >= 4 is 5.91 Å². The van der Waals surface area contributed by atoms with E-state index in [1.165, 1.54) is 0 Å². The number of rotatable bonds is 1. The summed E-state index contributed by atoms with van der Waals surface area (Å²) in [6, 6.07) is 0.324. The van der Waals surface area contributed by atoms with Gasteiger partial charge in [0.1, 0.15) is 0 Å². The molecule has 2 heterocycles. The molecule has 0 aromatic heterocycles. The number of hydrogen-bond acceptors (Lipinski definition) is 3. The number of nitrogens with zero attached hydrogens (tertiary/aromatic N) is 1. The van der Waals surface area contributed by atoms with Gasteiger partial charge in [-0.15, -0.1) is 0 Å². The van der Waals surface area contributed by atoms with Crippen molar-refractivity contribution in [3.8, 4) is 0 Å². The lowest BCUT2D eigenvalue weighted by molar-refractivity contribution is -0.137. The Morgan fingerprint density at radius 3 is 3.00 bits per heavy atom. The Labute approximate surface area is 97.3 Å². The van der Waals surface area contributed by atoms with Gasteiger partial charge in [0.15, 0.2) is 0 Å². The van der Waals surface area contributed by atoms with E-state index < -0.39 is 0 Å². The maximum absolute atomic E-state index is 12.3. The Balaban J connectivity index is 1.93. The van der Waals surface area contributed by atoms with Crippen LogP contribution in [0.25, 0.3) is 0 Å². The molecule has 0 spiro atoms. The highest BCUT2D eigenvalue weighted by molar-refractivity contribution is 5.79. The van der Waals surface area contributed by atoms with Gasteiger partial charge in [0.2, 0.25) is 5.91 Å². The maximum Gasteiger partial charge on any atom is 0.227 e. The van der Waals surface area contributed by atoms with Crippen LogP contribution in [0.1, 0.15) is 26.2 Å². The number of carbonyl (C=O) groups excluding carboxylic acids is 1. The third-order valence-electron chi connectivity index (χ3n) is 3.61. The molecule has 92 valence electrons. The summed E-state index contributed by atoms with van der Waals surface area (Å²) in [6.45, 7) is 6.29. The van der Waals surface area contributed by atoms with Gasteiger partial charge in [-0.05, 0) is 32.7 Å². The largest absolute Gasteiger partial charge is 0.380 e. The minimum Gasteiger partial charge on any atom is -0.380 e. The van der Waals surface area contributed by atoms with Crippen LogP contribution in [0, 0.1) is 5.92 Å². The molecule has 2 rings (SSSR count). The van der Waals surface area contributed by atoms with Gasteiger partial charge in [0.05, 0.1) is 12.5 Å². The first-order chi connectivity index (χ1) is 7.79. The number of amides is 1. The van der Waals surface area contributed by atoms with Crippen molar-refractivity contribution in [1.29, 1.82) is 0 Å². The van der Waals surface area contributed by atoms with E-state index in [-0.39, 0.29) is 5.92 Å². The molecule has 2 fully saturated rings. The van der Waals surface area contributed by atoms with Gasteiger partial charge in [0.25, 0.3) is 0 Å². The van der Waals surface area contributed by atoms with Crippen molar-refractivity contribution < 1.29 is 9.53 Å². The fraction of sp³-hybridized carbons (Fsp3) is 0.917. The molecule has 1 amide bonds. The zero-order chi connectivity index (χ0) is 11.4. The van der Waals surface area contributed by atoms with E-state index in [0.29, 0.717) is 18.6 Å². The van der Waals surface area contributed by atoms with Gasteiger partial charge >= 0.3 is 0 Å². The average molecular weight is 226 g/mol. The van der Waals surface area contributed by atoms with E-state index in [1.807, 2.05) is 4.90 Å². The standard InChI is InChI=1S/C12H22N2O2/c1-10-11(4-2-5-13-10)12(15)14-6-3-8-16-9-7-14/h10-11,13H,2-9H2,1H3. The minimum atomic E-state index is 0.173. The fourth-order valence-electron chi connectivity index (χ4n) is 2.58. The number of nitrogens with one attached hydrogen (secondary N) is 1. The molecule has 0 saturated carbocycles. The Bertz CT molecular complexity index is 237. The van der Waals surface area contributed by atoms with E-state index in [1.54, 1.807) is 0 Å². The topological polar surface area (TPSA) is 41.6 Å². The van der Waals surface area contributed by atoms with Crippen LogP contribution in [0.15, 0.2) is 0 Å². The lowest BCUT2D eigenvalue weighted by Gasteiger charge is -2.33. The molecule has 2 saturated heterocycles. The highest BCUT2D eigenvalue weighted by Crippen LogP contribution is 2.19. The third-order valence-corrected chi connectivity index (χ3v) is 3.61. The first kappa shape index (κ1) is 11.9. The normalized spacial score (nSPS) is 32.2. The quantitative estimate of drug-likeness (QED) is 0.713. The number of piperidine rings is 1. The molecule has 16 heavy (non-hydrogen) atoms. The molecule has 4 heteroatoms. The smallest absolute Gasteiger partial charge is 0.227 e. The molecule has 2 atom stereocenters. The van der Waals surface area contributed by atoms with Crippen LogP contribution >= 0.6 is 0 Å². The minimum absolute atomic E-state index is 0.173. The van der Waals surface area contributed by atoms with Crippen LogP contribution in [0.4, 0.5) is 0 Å². The molecule has 0 radical (unpaired) electrons. The second kappa shape index (κ2) is 5.64. The summed E-state index contributed by atoms with van der Waals surface area (Å²) < 4.78 is 5.38. The molecule has 2 aliphatic rings. The second-order valence-corrected chi connectivity index (χ2v) is 4.78. The SMILES string of the molecule is CC1NCCCC1C(=O)N1CCCOCC1. The van der Waals surface area contributed by atoms with Crippen LogP contribution in [0.2, 0.25) is 0 Å². The second-order valence-electron chi connectivity index (χ2n) is 4.78. The van der Waals surface area contributed by atoms with Crippen LogP contribution < -0.4 is 5.32 Å². The molecule has 0 aromatic carbocycles. The average Bonchev–Trinajstić information content (AvgIpc) is 2.57. The fourth-order valence-corrected chi connectivity index (χ4v) is 2.58. The molecule has 0 aliphatic carbocycles. The Hall–Kier alpha value is -0.610. The van der Waals surface area contributed by atoms with E-state index >= 15 is 0 Å². The predicted octanol–water partition coefficient (Wildman–Crippen LogP) is 0.623. The third kappa shape index (κ3) is 2.74. The monoisotopic (exact) mass is 226 g/mol. The van der Waals surface area contributed by atoms with Gasteiger partial charge in [-0.1, -0.05) is 0 Å². The zero-order valence-electron chi connectivity index (χ0n) is 10.1. The Morgan fingerprint density at radius 2 is 2.19 bits per heavy atom. The molecule has 0 bridgehead atoms. The molecule has 0 aromatic rings.